The van der Waals surface area contributed by atoms with Crippen LogP contribution in [0.15, 0.2) is 36.4 Å². The number of pyridine rings is 1. The van der Waals surface area contributed by atoms with Crippen molar-refractivity contribution in [3.8, 4) is 5.75 Å². The third kappa shape index (κ3) is 5.04. The number of esters is 1. The van der Waals surface area contributed by atoms with E-state index in [-0.39, 0.29) is 24.3 Å². The second kappa shape index (κ2) is 8.28. The van der Waals surface area contributed by atoms with Gasteiger partial charge in [0.1, 0.15) is 11.4 Å². The standard InChI is InChI=1S/C19H22N2O4/c1-5-24-19(23)16-10-11-17(20-13(16)4)18(22)21-14-6-8-15(9-7-14)25-12(2)3/h6-12H,5H2,1-4H3,(H,21,22). The molecule has 132 valence electrons. The second-order valence-corrected chi connectivity index (χ2v) is 5.70. The summed E-state index contributed by atoms with van der Waals surface area (Å²) in [5, 5.41) is 2.77. The van der Waals surface area contributed by atoms with Crippen molar-refractivity contribution in [3.63, 3.8) is 0 Å². The van der Waals surface area contributed by atoms with Crippen molar-refractivity contribution in [2.75, 3.05) is 11.9 Å². The lowest BCUT2D eigenvalue weighted by molar-refractivity contribution is 0.0524. The largest absolute Gasteiger partial charge is 0.491 e. The number of carbonyl (C=O) groups is 2. The van der Waals surface area contributed by atoms with Crippen LogP contribution in [0.25, 0.3) is 0 Å². The first-order valence-corrected chi connectivity index (χ1v) is 8.13. The highest BCUT2D eigenvalue weighted by Gasteiger charge is 2.15. The van der Waals surface area contributed by atoms with Gasteiger partial charge in [0.25, 0.3) is 5.91 Å². The highest BCUT2D eigenvalue weighted by Crippen LogP contribution is 2.18. The Morgan fingerprint density at radius 3 is 2.36 bits per heavy atom. The predicted molar refractivity (Wildman–Crippen MR) is 95.1 cm³/mol. The second-order valence-electron chi connectivity index (χ2n) is 5.70. The van der Waals surface area contributed by atoms with Crippen LogP contribution >= 0.6 is 0 Å². The Kier molecular flexibility index (Phi) is 6.11. The van der Waals surface area contributed by atoms with E-state index in [1.165, 1.54) is 6.07 Å². The molecular formula is C19H22N2O4. The molecule has 0 unspecified atom stereocenters. The number of aryl methyl sites for hydroxylation is 1. The normalized spacial score (nSPS) is 10.4. The Morgan fingerprint density at radius 2 is 1.80 bits per heavy atom. The first-order chi connectivity index (χ1) is 11.9. The highest BCUT2D eigenvalue weighted by molar-refractivity contribution is 6.03. The van der Waals surface area contributed by atoms with E-state index < -0.39 is 5.97 Å². The molecule has 1 aromatic heterocycles. The molecule has 0 spiro atoms. The summed E-state index contributed by atoms with van der Waals surface area (Å²) in [5.74, 6) is -0.0583. The Labute approximate surface area is 147 Å². The van der Waals surface area contributed by atoms with E-state index in [9.17, 15) is 9.59 Å². The molecule has 0 bridgehead atoms. The van der Waals surface area contributed by atoms with Crippen LogP contribution in [0.1, 0.15) is 47.3 Å². The van der Waals surface area contributed by atoms with E-state index in [1.54, 1.807) is 44.2 Å². The number of aromatic nitrogens is 1. The van der Waals surface area contributed by atoms with Crippen molar-refractivity contribution < 1.29 is 19.1 Å². The van der Waals surface area contributed by atoms with Crippen molar-refractivity contribution >= 4 is 17.6 Å². The molecule has 25 heavy (non-hydrogen) atoms. The average Bonchev–Trinajstić information content (AvgIpc) is 2.56. The van der Waals surface area contributed by atoms with Crippen LogP contribution < -0.4 is 10.1 Å². The minimum Gasteiger partial charge on any atom is -0.491 e. The zero-order chi connectivity index (χ0) is 18.4. The van der Waals surface area contributed by atoms with Gasteiger partial charge in [-0.25, -0.2) is 9.78 Å². The number of ether oxygens (including phenoxy) is 2. The molecule has 0 saturated carbocycles. The number of hydrogen-bond donors (Lipinski definition) is 1. The van der Waals surface area contributed by atoms with E-state index in [1.807, 2.05) is 13.8 Å². The number of anilines is 1. The summed E-state index contributed by atoms with van der Waals surface area (Å²) in [6, 6.07) is 10.2. The van der Waals surface area contributed by atoms with Gasteiger partial charge in [-0.1, -0.05) is 0 Å². The number of nitrogens with zero attached hydrogens (tertiary/aromatic N) is 1. The van der Waals surface area contributed by atoms with Crippen LogP contribution in [0.4, 0.5) is 5.69 Å². The maximum Gasteiger partial charge on any atom is 0.339 e. The zero-order valence-corrected chi connectivity index (χ0v) is 14.8. The van der Waals surface area contributed by atoms with Gasteiger partial charge in [0.05, 0.1) is 24.0 Å². The van der Waals surface area contributed by atoms with Crippen LogP contribution in [0.5, 0.6) is 5.75 Å². The van der Waals surface area contributed by atoms with E-state index in [0.29, 0.717) is 16.9 Å². The maximum atomic E-state index is 12.3. The molecule has 6 heteroatoms. The summed E-state index contributed by atoms with van der Waals surface area (Å²) in [6.45, 7) is 7.59. The SMILES string of the molecule is CCOC(=O)c1ccc(C(=O)Nc2ccc(OC(C)C)cc2)nc1C. The van der Waals surface area contributed by atoms with Gasteiger partial charge in [0.15, 0.2) is 0 Å². The minimum atomic E-state index is -0.444. The molecule has 0 aliphatic rings. The number of benzene rings is 1. The van der Waals surface area contributed by atoms with Crippen molar-refractivity contribution in [2.24, 2.45) is 0 Å². The van der Waals surface area contributed by atoms with E-state index in [2.05, 4.69) is 10.3 Å². The molecule has 0 atom stereocenters. The number of carbonyl (C=O) groups excluding carboxylic acids is 2. The molecule has 0 fully saturated rings. The topological polar surface area (TPSA) is 77.5 Å². The van der Waals surface area contributed by atoms with Crippen molar-refractivity contribution in [3.05, 3.63) is 53.3 Å². The molecule has 1 amide bonds. The van der Waals surface area contributed by atoms with Crippen molar-refractivity contribution in [1.82, 2.24) is 4.98 Å². The molecule has 1 N–H and O–H groups in total. The average molecular weight is 342 g/mol. The molecule has 0 aliphatic heterocycles. The van der Waals surface area contributed by atoms with Crippen LogP contribution in [0, 0.1) is 6.92 Å². The zero-order valence-electron chi connectivity index (χ0n) is 14.8. The highest BCUT2D eigenvalue weighted by atomic mass is 16.5. The van der Waals surface area contributed by atoms with E-state index in [4.69, 9.17) is 9.47 Å². The van der Waals surface area contributed by atoms with Gasteiger partial charge in [-0.3, -0.25) is 4.79 Å². The summed E-state index contributed by atoms with van der Waals surface area (Å²) >= 11 is 0. The lowest BCUT2D eigenvalue weighted by Gasteiger charge is -2.11. The third-order valence-corrected chi connectivity index (χ3v) is 3.30. The van der Waals surface area contributed by atoms with Crippen LogP contribution in [0.2, 0.25) is 0 Å². The molecule has 0 aliphatic carbocycles. The molecule has 0 radical (unpaired) electrons. The summed E-state index contributed by atoms with van der Waals surface area (Å²) in [6.07, 6.45) is 0.0885. The molecule has 1 aromatic carbocycles. The summed E-state index contributed by atoms with van der Waals surface area (Å²) < 4.78 is 10.5. The van der Waals surface area contributed by atoms with Gasteiger partial charge in [-0.05, 0) is 64.1 Å². The fourth-order valence-electron chi connectivity index (χ4n) is 2.20. The van der Waals surface area contributed by atoms with Crippen LogP contribution in [-0.2, 0) is 4.74 Å². The summed E-state index contributed by atoms with van der Waals surface area (Å²) in [5.41, 5.74) is 1.67. The molecule has 6 nitrogen and oxygen atoms in total. The first kappa shape index (κ1) is 18.4. The Bertz CT molecular complexity index is 755. The molecule has 2 rings (SSSR count). The monoisotopic (exact) mass is 342 g/mol. The quantitative estimate of drug-likeness (QED) is 0.812. The Balaban J connectivity index is 2.08. The fraction of sp³-hybridized carbons (Fsp3) is 0.316. The van der Waals surface area contributed by atoms with Gasteiger partial charge in [-0.15, -0.1) is 0 Å². The van der Waals surface area contributed by atoms with E-state index in [0.717, 1.165) is 5.75 Å². The van der Waals surface area contributed by atoms with Gasteiger partial charge in [-0.2, -0.15) is 0 Å². The van der Waals surface area contributed by atoms with Gasteiger partial charge >= 0.3 is 5.97 Å². The first-order valence-electron chi connectivity index (χ1n) is 8.13. The van der Waals surface area contributed by atoms with Crippen LogP contribution in [-0.4, -0.2) is 29.6 Å². The Morgan fingerprint density at radius 1 is 1.12 bits per heavy atom. The molecular weight excluding hydrogens is 320 g/mol. The van der Waals surface area contributed by atoms with Crippen LogP contribution in [0.3, 0.4) is 0 Å². The summed E-state index contributed by atoms with van der Waals surface area (Å²) in [4.78, 5) is 28.3. The Hall–Kier alpha value is -2.89. The minimum absolute atomic E-state index is 0.0885. The molecule has 2 aromatic rings. The van der Waals surface area contributed by atoms with E-state index >= 15 is 0 Å². The summed E-state index contributed by atoms with van der Waals surface area (Å²) in [7, 11) is 0. The third-order valence-electron chi connectivity index (χ3n) is 3.30. The smallest absolute Gasteiger partial charge is 0.339 e. The van der Waals surface area contributed by atoms with Crippen molar-refractivity contribution in [1.29, 1.82) is 0 Å². The number of hydrogen-bond acceptors (Lipinski definition) is 5. The maximum absolute atomic E-state index is 12.3. The molecule has 1 heterocycles. The van der Waals surface area contributed by atoms with Gasteiger partial charge in [0, 0.05) is 5.69 Å². The lowest BCUT2D eigenvalue weighted by atomic mass is 10.2. The van der Waals surface area contributed by atoms with Crippen molar-refractivity contribution in [2.45, 2.75) is 33.8 Å². The number of amides is 1. The van der Waals surface area contributed by atoms with Gasteiger partial charge < -0.3 is 14.8 Å². The fourth-order valence-corrected chi connectivity index (χ4v) is 2.20. The van der Waals surface area contributed by atoms with Gasteiger partial charge in [0.2, 0.25) is 0 Å². The predicted octanol–water partition coefficient (Wildman–Crippen LogP) is 3.61. The lowest BCUT2D eigenvalue weighted by Crippen LogP contribution is -2.16. The molecule has 0 saturated heterocycles. The number of nitrogens with one attached hydrogen (secondary N) is 1. The number of rotatable bonds is 6.